The fraction of sp³-hybridized carbons (Fsp3) is 0.318. The molecular weight excluding hydrogens is 389 g/mol. The number of hydrogen-bond donors (Lipinski definition) is 0. The Morgan fingerprint density at radius 2 is 1.87 bits per heavy atom. The Bertz CT molecular complexity index is 1050. The Kier molecular flexibility index (Phi) is 4.82. The number of carbonyl (C=O) groups is 1. The number of amides is 1. The minimum Gasteiger partial charge on any atom is -0.485 e. The van der Waals surface area contributed by atoms with Gasteiger partial charge in [-0.3, -0.25) is 4.79 Å². The SMILES string of the molecule is O=C(C1COc2ccccc2O1)N1CCCC(c2nnc(-c3ccc(F)cc3)o2)C1. The summed E-state index contributed by atoms with van der Waals surface area (Å²) in [6.45, 7) is 1.31. The van der Waals surface area contributed by atoms with Crippen LogP contribution >= 0.6 is 0 Å². The van der Waals surface area contributed by atoms with Gasteiger partial charge in [0.1, 0.15) is 12.4 Å². The van der Waals surface area contributed by atoms with E-state index in [2.05, 4.69) is 10.2 Å². The number of para-hydroxylation sites is 2. The highest BCUT2D eigenvalue weighted by Crippen LogP contribution is 2.33. The lowest BCUT2D eigenvalue weighted by Gasteiger charge is -2.35. The van der Waals surface area contributed by atoms with Crippen molar-refractivity contribution in [2.24, 2.45) is 0 Å². The first-order valence-electron chi connectivity index (χ1n) is 9.94. The van der Waals surface area contributed by atoms with Gasteiger partial charge in [-0.1, -0.05) is 12.1 Å². The quantitative estimate of drug-likeness (QED) is 0.660. The minimum absolute atomic E-state index is 0.0545. The number of fused-ring (bicyclic) bond motifs is 1. The zero-order chi connectivity index (χ0) is 20.5. The zero-order valence-corrected chi connectivity index (χ0v) is 16.2. The Morgan fingerprint density at radius 1 is 1.07 bits per heavy atom. The molecule has 3 aromatic rings. The predicted octanol–water partition coefficient (Wildman–Crippen LogP) is 3.42. The smallest absolute Gasteiger partial charge is 0.267 e. The first-order chi connectivity index (χ1) is 14.7. The van der Waals surface area contributed by atoms with E-state index in [1.807, 2.05) is 18.2 Å². The molecule has 2 unspecified atom stereocenters. The monoisotopic (exact) mass is 409 g/mol. The second kappa shape index (κ2) is 7.78. The van der Waals surface area contributed by atoms with E-state index in [4.69, 9.17) is 13.9 Å². The summed E-state index contributed by atoms with van der Waals surface area (Å²) in [5, 5.41) is 8.26. The van der Waals surface area contributed by atoms with Gasteiger partial charge in [0.25, 0.3) is 5.91 Å². The Labute approximate surface area is 172 Å². The number of halogens is 1. The highest BCUT2D eigenvalue weighted by molar-refractivity contribution is 5.82. The van der Waals surface area contributed by atoms with Crippen molar-refractivity contribution in [3.05, 3.63) is 60.2 Å². The molecule has 1 fully saturated rings. The van der Waals surface area contributed by atoms with Gasteiger partial charge in [0.2, 0.25) is 17.9 Å². The van der Waals surface area contributed by atoms with Crippen molar-refractivity contribution in [1.29, 1.82) is 0 Å². The third-order valence-electron chi connectivity index (χ3n) is 5.40. The highest BCUT2D eigenvalue weighted by Gasteiger charge is 2.35. The van der Waals surface area contributed by atoms with Crippen molar-refractivity contribution >= 4 is 5.91 Å². The summed E-state index contributed by atoms with van der Waals surface area (Å²) in [6.07, 6.45) is 1.00. The van der Waals surface area contributed by atoms with Crippen LogP contribution in [0.1, 0.15) is 24.7 Å². The molecule has 0 aliphatic carbocycles. The van der Waals surface area contributed by atoms with E-state index in [1.165, 1.54) is 12.1 Å². The van der Waals surface area contributed by atoms with E-state index in [0.29, 0.717) is 41.9 Å². The standard InChI is InChI=1S/C22H20FN3O4/c23-16-9-7-14(8-10-16)20-24-25-21(30-20)15-4-3-11-26(12-15)22(27)19-13-28-17-5-1-2-6-18(17)29-19/h1-2,5-10,15,19H,3-4,11-13H2. The number of nitrogens with zero attached hydrogens (tertiary/aromatic N) is 3. The second-order valence-electron chi connectivity index (χ2n) is 7.44. The molecule has 2 aliphatic heterocycles. The first kappa shape index (κ1) is 18.6. The number of aromatic nitrogens is 2. The van der Waals surface area contributed by atoms with Gasteiger partial charge in [-0.25, -0.2) is 4.39 Å². The number of piperidine rings is 1. The molecule has 30 heavy (non-hydrogen) atoms. The van der Waals surface area contributed by atoms with E-state index < -0.39 is 6.10 Å². The molecule has 1 amide bonds. The Morgan fingerprint density at radius 3 is 2.70 bits per heavy atom. The van der Waals surface area contributed by atoms with Crippen molar-refractivity contribution in [2.45, 2.75) is 24.9 Å². The molecular formula is C22H20FN3O4. The maximum Gasteiger partial charge on any atom is 0.267 e. The molecule has 5 rings (SSSR count). The van der Waals surface area contributed by atoms with E-state index in [9.17, 15) is 9.18 Å². The molecule has 2 atom stereocenters. The molecule has 1 aromatic heterocycles. The third-order valence-corrected chi connectivity index (χ3v) is 5.40. The van der Waals surface area contributed by atoms with Gasteiger partial charge in [0.15, 0.2) is 11.5 Å². The van der Waals surface area contributed by atoms with Crippen LogP contribution in [0.3, 0.4) is 0 Å². The van der Waals surface area contributed by atoms with Crippen LogP contribution in [0.25, 0.3) is 11.5 Å². The van der Waals surface area contributed by atoms with Gasteiger partial charge in [-0.05, 0) is 49.2 Å². The predicted molar refractivity (Wildman–Crippen MR) is 105 cm³/mol. The average Bonchev–Trinajstić information content (AvgIpc) is 3.29. The fourth-order valence-corrected chi connectivity index (χ4v) is 3.83. The summed E-state index contributed by atoms with van der Waals surface area (Å²) >= 11 is 0. The van der Waals surface area contributed by atoms with Gasteiger partial charge in [-0.15, -0.1) is 10.2 Å². The largest absolute Gasteiger partial charge is 0.485 e. The molecule has 3 heterocycles. The third kappa shape index (κ3) is 3.60. The van der Waals surface area contributed by atoms with Crippen LogP contribution in [0.4, 0.5) is 4.39 Å². The molecule has 0 spiro atoms. The molecule has 7 nitrogen and oxygen atoms in total. The minimum atomic E-state index is -0.670. The van der Waals surface area contributed by atoms with Crippen LogP contribution in [-0.2, 0) is 4.79 Å². The van der Waals surface area contributed by atoms with Crippen LogP contribution in [-0.4, -0.2) is 46.8 Å². The number of benzene rings is 2. The van der Waals surface area contributed by atoms with Crippen molar-refractivity contribution in [3.63, 3.8) is 0 Å². The number of rotatable bonds is 3. The van der Waals surface area contributed by atoms with Crippen LogP contribution in [0, 0.1) is 5.82 Å². The average molecular weight is 409 g/mol. The molecule has 0 bridgehead atoms. The second-order valence-corrected chi connectivity index (χ2v) is 7.44. The van der Waals surface area contributed by atoms with Crippen molar-refractivity contribution in [2.75, 3.05) is 19.7 Å². The van der Waals surface area contributed by atoms with Crippen molar-refractivity contribution in [3.8, 4) is 23.0 Å². The topological polar surface area (TPSA) is 77.7 Å². The lowest BCUT2D eigenvalue weighted by Crippen LogP contribution is -2.49. The normalized spacial score (nSPS) is 20.8. The van der Waals surface area contributed by atoms with Crippen LogP contribution in [0.5, 0.6) is 11.5 Å². The maximum atomic E-state index is 13.1. The van der Waals surface area contributed by atoms with Gasteiger partial charge in [-0.2, -0.15) is 0 Å². The number of carbonyl (C=O) groups excluding carboxylic acids is 1. The summed E-state index contributed by atoms with van der Waals surface area (Å²) in [4.78, 5) is 14.8. The molecule has 8 heteroatoms. The van der Waals surface area contributed by atoms with Gasteiger partial charge in [0, 0.05) is 18.7 Å². The van der Waals surface area contributed by atoms with E-state index in [1.54, 1.807) is 23.1 Å². The summed E-state index contributed by atoms with van der Waals surface area (Å²) in [7, 11) is 0. The molecule has 0 N–H and O–H groups in total. The molecule has 1 saturated heterocycles. The molecule has 2 aliphatic rings. The van der Waals surface area contributed by atoms with Crippen LogP contribution in [0.2, 0.25) is 0 Å². The Hall–Kier alpha value is -3.42. The van der Waals surface area contributed by atoms with Gasteiger partial charge < -0.3 is 18.8 Å². The highest BCUT2D eigenvalue weighted by atomic mass is 19.1. The van der Waals surface area contributed by atoms with Gasteiger partial charge in [0.05, 0.1) is 5.92 Å². The first-order valence-corrected chi connectivity index (χ1v) is 9.94. The lowest BCUT2D eigenvalue weighted by atomic mass is 9.97. The molecule has 0 saturated carbocycles. The summed E-state index contributed by atoms with van der Waals surface area (Å²) in [5.41, 5.74) is 0.658. The van der Waals surface area contributed by atoms with Crippen LogP contribution < -0.4 is 9.47 Å². The fourth-order valence-electron chi connectivity index (χ4n) is 3.83. The zero-order valence-electron chi connectivity index (χ0n) is 16.2. The van der Waals surface area contributed by atoms with E-state index in [-0.39, 0.29) is 24.2 Å². The van der Waals surface area contributed by atoms with Crippen LogP contribution in [0.15, 0.2) is 52.9 Å². The molecule has 2 aromatic carbocycles. The van der Waals surface area contributed by atoms with E-state index >= 15 is 0 Å². The van der Waals surface area contributed by atoms with Gasteiger partial charge >= 0.3 is 0 Å². The summed E-state index contributed by atoms with van der Waals surface area (Å²) in [6, 6.07) is 13.2. The molecule has 154 valence electrons. The number of hydrogen-bond acceptors (Lipinski definition) is 6. The van der Waals surface area contributed by atoms with Crippen molar-refractivity contribution < 1.29 is 23.1 Å². The summed E-state index contributed by atoms with van der Waals surface area (Å²) < 4.78 is 30.5. The van der Waals surface area contributed by atoms with E-state index in [0.717, 1.165) is 12.8 Å². The number of likely N-dealkylation sites (tertiary alicyclic amines) is 1. The molecule has 0 radical (unpaired) electrons. The summed E-state index contributed by atoms with van der Waals surface area (Å²) in [5.74, 6) is 1.57. The number of ether oxygens (including phenoxy) is 2. The van der Waals surface area contributed by atoms with Crippen molar-refractivity contribution in [1.82, 2.24) is 15.1 Å². The Balaban J connectivity index is 1.27. The maximum absolute atomic E-state index is 13.1. The lowest BCUT2D eigenvalue weighted by molar-refractivity contribution is -0.142.